The van der Waals surface area contributed by atoms with E-state index < -0.39 is 28.5 Å². The maximum atomic E-state index is 14.1. The Kier molecular flexibility index (Phi) is 10.7. The van der Waals surface area contributed by atoms with Gasteiger partial charge in [0, 0.05) is 17.1 Å². The Morgan fingerprint density at radius 3 is 2.19 bits per heavy atom. The van der Waals surface area contributed by atoms with Crippen LogP contribution in [0, 0.1) is 6.92 Å². The van der Waals surface area contributed by atoms with Crippen LogP contribution in [0.4, 0.5) is 5.69 Å². The van der Waals surface area contributed by atoms with Crippen molar-refractivity contribution in [1.29, 1.82) is 0 Å². The minimum atomic E-state index is -4.15. The van der Waals surface area contributed by atoms with Crippen molar-refractivity contribution in [3.8, 4) is 5.75 Å². The van der Waals surface area contributed by atoms with E-state index in [1.165, 1.54) is 17.0 Å². The molecule has 1 atom stereocenters. The van der Waals surface area contributed by atoms with Gasteiger partial charge in [0.1, 0.15) is 18.3 Å². The summed E-state index contributed by atoms with van der Waals surface area (Å²) >= 11 is 3.44. The Morgan fingerprint density at radius 1 is 0.976 bits per heavy atom. The lowest BCUT2D eigenvalue weighted by atomic mass is 10.1. The van der Waals surface area contributed by atoms with Crippen LogP contribution in [0.2, 0.25) is 0 Å². The highest BCUT2D eigenvalue weighted by molar-refractivity contribution is 9.10. The van der Waals surface area contributed by atoms with Gasteiger partial charge in [-0.15, -0.1) is 0 Å². The quantitative estimate of drug-likeness (QED) is 0.265. The number of carbonyl (C=O) groups excluding carboxylic acids is 2. The average molecular weight is 657 g/mol. The van der Waals surface area contributed by atoms with Crippen LogP contribution in [-0.4, -0.2) is 50.4 Å². The first kappa shape index (κ1) is 31.6. The van der Waals surface area contributed by atoms with Gasteiger partial charge in [-0.05, 0) is 87.7 Å². The van der Waals surface area contributed by atoms with Gasteiger partial charge < -0.3 is 15.0 Å². The van der Waals surface area contributed by atoms with E-state index in [0.29, 0.717) is 18.0 Å². The number of ether oxygens (including phenoxy) is 1. The summed E-state index contributed by atoms with van der Waals surface area (Å²) in [6.45, 7) is 5.58. The molecule has 1 fully saturated rings. The smallest absolute Gasteiger partial charge is 0.264 e. The lowest BCUT2D eigenvalue weighted by Crippen LogP contribution is -2.52. The van der Waals surface area contributed by atoms with Crippen molar-refractivity contribution in [3.05, 3.63) is 88.4 Å². The summed E-state index contributed by atoms with van der Waals surface area (Å²) in [5.74, 6) is -0.178. The Morgan fingerprint density at radius 2 is 1.60 bits per heavy atom. The second kappa shape index (κ2) is 14.2. The highest BCUT2D eigenvalue weighted by Crippen LogP contribution is 2.27. The number of hydrogen-bond acceptors (Lipinski definition) is 5. The fraction of sp³-hybridized carbons (Fsp3) is 0.375. The Balaban J connectivity index is 1.67. The summed E-state index contributed by atoms with van der Waals surface area (Å²) in [5.41, 5.74) is 2.13. The van der Waals surface area contributed by atoms with E-state index in [4.69, 9.17) is 4.74 Å². The van der Waals surface area contributed by atoms with Gasteiger partial charge in [0.25, 0.3) is 10.0 Å². The van der Waals surface area contributed by atoms with Crippen LogP contribution in [0.5, 0.6) is 5.75 Å². The number of nitrogens with one attached hydrogen (secondary N) is 1. The summed E-state index contributed by atoms with van der Waals surface area (Å²) < 4.78 is 35.5. The van der Waals surface area contributed by atoms with Crippen LogP contribution in [0.3, 0.4) is 0 Å². The van der Waals surface area contributed by atoms with Gasteiger partial charge >= 0.3 is 0 Å². The van der Waals surface area contributed by atoms with Crippen molar-refractivity contribution >= 4 is 43.5 Å². The molecule has 4 rings (SSSR count). The molecule has 1 aliphatic rings. The molecular formula is C32H38BrN3O5S. The lowest BCUT2D eigenvalue weighted by Gasteiger charge is -2.32. The first-order chi connectivity index (χ1) is 20.1. The van der Waals surface area contributed by atoms with Gasteiger partial charge in [-0.1, -0.05) is 58.6 Å². The van der Waals surface area contributed by atoms with Gasteiger partial charge in [0.05, 0.1) is 17.2 Å². The third kappa shape index (κ3) is 7.92. The van der Waals surface area contributed by atoms with Crippen LogP contribution >= 0.6 is 15.9 Å². The number of carbonyl (C=O) groups is 2. The van der Waals surface area contributed by atoms with Crippen LogP contribution in [0.1, 0.15) is 50.7 Å². The largest absolute Gasteiger partial charge is 0.494 e. The molecule has 42 heavy (non-hydrogen) atoms. The molecule has 0 spiro atoms. The van der Waals surface area contributed by atoms with Crippen molar-refractivity contribution in [1.82, 2.24) is 10.2 Å². The Hall–Kier alpha value is -3.37. The molecule has 1 N–H and O–H groups in total. The lowest BCUT2D eigenvalue weighted by molar-refractivity contribution is -0.139. The van der Waals surface area contributed by atoms with E-state index in [1.807, 2.05) is 38.1 Å². The molecule has 1 saturated carbocycles. The SMILES string of the molecule is CCOc1ccc(S(=O)(=O)N(CC(=O)N(Cc2ccc(Br)cc2)[C@@H](C)C(=O)NC2CCCC2)c2ccc(C)cc2)cc1. The highest BCUT2D eigenvalue weighted by Gasteiger charge is 2.33. The number of sulfonamides is 1. The summed E-state index contributed by atoms with van der Waals surface area (Å²) in [5, 5.41) is 3.09. The van der Waals surface area contributed by atoms with E-state index in [2.05, 4.69) is 21.2 Å². The fourth-order valence-electron chi connectivity index (χ4n) is 5.00. The van der Waals surface area contributed by atoms with Gasteiger partial charge in [-0.25, -0.2) is 8.42 Å². The predicted molar refractivity (Wildman–Crippen MR) is 168 cm³/mol. The summed E-state index contributed by atoms with van der Waals surface area (Å²) in [7, 11) is -4.15. The first-order valence-corrected chi connectivity index (χ1v) is 16.5. The monoisotopic (exact) mass is 655 g/mol. The van der Waals surface area contributed by atoms with Gasteiger partial charge in [-0.2, -0.15) is 0 Å². The first-order valence-electron chi connectivity index (χ1n) is 14.2. The molecule has 0 aromatic heterocycles. The zero-order valence-electron chi connectivity index (χ0n) is 24.3. The summed E-state index contributed by atoms with van der Waals surface area (Å²) in [6, 6.07) is 19.9. The number of anilines is 1. The van der Waals surface area contributed by atoms with Crippen molar-refractivity contribution in [2.75, 3.05) is 17.5 Å². The second-order valence-corrected chi connectivity index (χ2v) is 13.3. The molecule has 0 radical (unpaired) electrons. The van der Waals surface area contributed by atoms with Crippen LogP contribution < -0.4 is 14.4 Å². The number of rotatable bonds is 12. The zero-order valence-corrected chi connectivity index (χ0v) is 26.7. The molecule has 10 heteroatoms. The maximum Gasteiger partial charge on any atom is 0.264 e. The minimum Gasteiger partial charge on any atom is -0.494 e. The van der Waals surface area contributed by atoms with E-state index in [0.717, 1.165) is 45.6 Å². The molecule has 0 heterocycles. The number of nitrogens with zero attached hydrogens (tertiary/aromatic N) is 2. The van der Waals surface area contributed by atoms with Crippen molar-refractivity contribution in [3.63, 3.8) is 0 Å². The normalized spacial score (nSPS) is 14.3. The molecule has 224 valence electrons. The van der Waals surface area contributed by atoms with E-state index in [-0.39, 0.29) is 23.4 Å². The van der Waals surface area contributed by atoms with E-state index >= 15 is 0 Å². The molecule has 0 saturated heterocycles. The number of amides is 2. The molecule has 0 bridgehead atoms. The minimum absolute atomic E-state index is 0.0332. The van der Waals surface area contributed by atoms with Crippen LogP contribution in [-0.2, 0) is 26.2 Å². The molecule has 1 aliphatic carbocycles. The standard InChI is InChI=1S/C32H38BrN3O5S/c1-4-41-29-17-19-30(20-18-29)42(39,40)36(28-15-9-23(2)10-16-28)22-31(37)35(21-25-11-13-26(33)14-12-25)24(3)32(38)34-27-7-5-6-8-27/h9-20,24,27H,4-8,21-22H2,1-3H3,(H,34,38)/t24-/m0/s1. The second-order valence-electron chi connectivity index (χ2n) is 10.6. The Labute approximate surface area is 257 Å². The molecule has 2 amide bonds. The van der Waals surface area contributed by atoms with Crippen LogP contribution in [0.25, 0.3) is 0 Å². The topological polar surface area (TPSA) is 96.0 Å². The highest BCUT2D eigenvalue weighted by atomic mass is 79.9. The number of benzene rings is 3. The third-order valence-electron chi connectivity index (χ3n) is 7.46. The fourth-order valence-corrected chi connectivity index (χ4v) is 6.68. The van der Waals surface area contributed by atoms with Crippen LogP contribution in [0.15, 0.2) is 82.2 Å². The van der Waals surface area contributed by atoms with Gasteiger partial charge in [0.2, 0.25) is 11.8 Å². The number of hydrogen-bond donors (Lipinski definition) is 1. The third-order valence-corrected chi connectivity index (χ3v) is 9.78. The van der Waals surface area contributed by atoms with Gasteiger partial charge in [-0.3, -0.25) is 13.9 Å². The van der Waals surface area contributed by atoms with Gasteiger partial charge in [0.15, 0.2) is 0 Å². The molecular weight excluding hydrogens is 618 g/mol. The summed E-state index contributed by atoms with van der Waals surface area (Å²) in [4.78, 5) is 28.9. The van der Waals surface area contributed by atoms with E-state index in [9.17, 15) is 18.0 Å². The van der Waals surface area contributed by atoms with Crippen molar-refractivity contribution in [2.24, 2.45) is 0 Å². The Bertz CT molecular complexity index is 1460. The predicted octanol–water partition coefficient (Wildman–Crippen LogP) is 5.83. The molecule has 0 unspecified atom stereocenters. The zero-order chi connectivity index (χ0) is 30.3. The average Bonchev–Trinajstić information content (AvgIpc) is 3.49. The summed E-state index contributed by atoms with van der Waals surface area (Å²) in [6.07, 6.45) is 3.97. The molecule has 3 aromatic carbocycles. The number of halogens is 1. The van der Waals surface area contributed by atoms with Crippen molar-refractivity contribution in [2.45, 2.75) is 70.0 Å². The van der Waals surface area contributed by atoms with Crippen molar-refractivity contribution < 1.29 is 22.7 Å². The number of aryl methyl sites for hydroxylation is 1. The molecule has 8 nitrogen and oxygen atoms in total. The molecule has 0 aliphatic heterocycles. The molecule has 3 aromatic rings. The van der Waals surface area contributed by atoms with E-state index in [1.54, 1.807) is 43.3 Å². The maximum absolute atomic E-state index is 14.1.